The maximum atomic E-state index is 12.5. The summed E-state index contributed by atoms with van der Waals surface area (Å²) in [6.07, 6.45) is 1.33. The number of nitro groups is 1. The molecule has 1 aliphatic heterocycles. The third-order valence-corrected chi connectivity index (χ3v) is 4.41. The van der Waals surface area contributed by atoms with E-state index in [0.29, 0.717) is 18.6 Å². The molecule has 2 N–H and O–H groups in total. The van der Waals surface area contributed by atoms with Crippen molar-refractivity contribution in [2.45, 2.75) is 25.2 Å². The van der Waals surface area contributed by atoms with Gasteiger partial charge in [-0.15, -0.1) is 0 Å². The van der Waals surface area contributed by atoms with Crippen molar-refractivity contribution >= 4 is 11.5 Å². The zero-order valence-electron chi connectivity index (χ0n) is 13.8. The van der Waals surface area contributed by atoms with E-state index in [2.05, 4.69) is 0 Å². The molecule has 0 saturated heterocycles. The van der Waals surface area contributed by atoms with Crippen LogP contribution in [-0.2, 0) is 9.53 Å². The number of hydrogen-bond acceptors (Lipinski definition) is 8. The van der Waals surface area contributed by atoms with E-state index >= 15 is 0 Å². The number of methoxy groups -OCH3 is 1. The summed E-state index contributed by atoms with van der Waals surface area (Å²) in [5.74, 6) is -2.08. The summed E-state index contributed by atoms with van der Waals surface area (Å²) in [5.41, 5.74) is 5.55. The van der Waals surface area contributed by atoms with Gasteiger partial charge in [0.25, 0.3) is 5.69 Å². The summed E-state index contributed by atoms with van der Waals surface area (Å²) in [7, 11) is 1.21. The number of allylic oxidation sites excluding steroid dienone is 3. The van der Waals surface area contributed by atoms with Crippen LogP contribution in [0.4, 0.5) is 5.69 Å². The van der Waals surface area contributed by atoms with E-state index in [4.69, 9.17) is 15.2 Å². The first-order chi connectivity index (χ1) is 12.4. The fraction of sp³-hybridized carbons (Fsp3) is 0.294. The fourth-order valence-corrected chi connectivity index (χ4v) is 3.25. The van der Waals surface area contributed by atoms with Crippen LogP contribution in [0.25, 0.3) is 0 Å². The summed E-state index contributed by atoms with van der Waals surface area (Å²) in [6, 6.07) is 4.26. The van der Waals surface area contributed by atoms with Crippen molar-refractivity contribution in [3.63, 3.8) is 0 Å². The van der Waals surface area contributed by atoms with Crippen LogP contribution in [-0.4, -0.2) is 17.8 Å². The number of nitriles is 1. The summed E-state index contributed by atoms with van der Waals surface area (Å²) in [5, 5.41) is 32.8. The van der Waals surface area contributed by atoms with Crippen molar-refractivity contribution in [3.8, 4) is 17.6 Å². The Balaban J connectivity index is 2.28. The molecule has 0 aromatic heterocycles. The zero-order valence-corrected chi connectivity index (χ0v) is 13.8. The molecule has 1 heterocycles. The van der Waals surface area contributed by atoms with Crippen LogP contribution in [0.15, 0.2) is 34.9 Å². The quantitative estimate of drug-likeness (QED) is 0.631. The molecule has 0 unspecified atom stereocenters. The molecule has 9 nitrogen and oxygen atoms in total. The molecule has 1 aromatic rings. The molecular weight excluding hydrogens is 342 g/mol. The van der Waals surface area contributed by atoms with Crippen LogP contribution in [0.3, 0.4) is 0 Å². The van der Waals surface area contributed by atoms with Crippen molar-refractivity contribution < 1.29 is 24.3 Å². The lowest BCUT2D eigenvalue weighted by Crippen LogP contribution is -2.27. The van der Waals surface area contributed by atoms with E-state index in [9.17, 15) is 25.3 Å². The Morgan fingerprint density at radius 2 is 2.15 bits per heavy atom. The SMILES string of the molecule is COc1cc([C@@H]2C(C#N)=C(N)OC3=C2C(=O)CCC3)cc([N+](=O)[O-])c1[O-]. The molecule has 0 saturated carbocycles. The Hall–Kier alpha value is -3.54. The summed E-state index contributed by atoms with van der Waals surface area (Å²) >= 11 is 0. The topological polar surface area (TPSA) is 152 Å². The molecule has 0 radical (unpaired) electrons. The van der Waals surface area contributed by atoms with Gasteiger partial charge in [-0.2, -0.15) is 5.26 Å². The molecule has 3 rings (SSSR count). The average molecular weight is 356 g/mol. The Morgan fingerprint density at radius 1 is 1.42 bits per heavy atom. The van der Waals surface area contributed by atoms with Gasteiger partial charge in [-0.25, -0.2) is 0 Å². The lowest BCUT2D eigenvalue weighted by atomic mass is 9.77. The lowest BCUT2D eigenvalue weighted by molar-refractivity contribution is -0.398. The highest BCUT2D eigenvalue weighted by Crippen LogP contribution is 2.46. The van der Waals surface area contributed by atoms with Crippen LogP contribution >= 0.6 is 0 Å². The van der Waals surface area contributed by atoms with Gasteiger partial charge in [0, 0.05) is 30.2 Å². The molecule has 1 aromatic carbocycles. The number of carbonyl (C=O) groups is 1. The number of nitrogens with zero attached hydrogens (tertiary/aromatic N) is 2. The Labute approximate surface area is 148 Å². The molecule has 0 fully saturated rings. The van der Waals surface area contributed by atoms with Crippen molar-refractivity contribution in [3.05, 3.63) is 50.6 Å². The van der Waals surface area contributed by atoms with E-state index in [1.54, 1.807) is 0 Å². The second-order valence-electron chi connectivity index (χ2n) is 5.87. The molecular formula is C17H14N3O6-. The van der Waals surface area contributed by atoms with Gasteiger partial charge in [-0.1, -0.05) is 0 Å². The molecule has 0 spiro atoms. The van der Waals surface area contributed by atoms with Crippen molar-refractivity contribution in [2.24, 2.45) is 5.73 Å². The summed E-state index contributed by atoms with van der Waals surface area (Å²) in [4.78, 5) is 22.9. The third kappa shape index (κ3) is 2.61. The van der Waals surface area contributed by atoms with Gasteiger partial charge in [0.1, 0.15) is 23.2 Å². The minimum Gasteiger partial charge on any atom is -0.865 e. The van der Waals surface area contributed by atoms with Crippen molar-refractivity contribution in [1.82, 2.24) is 0 Å². The number of benzene rings is 1. The number of rotatable bonds is 3. The monoisotopic (exact) mass is 356 g/mol. The summed E-state index contributed by atoms with van der Waals surface area (Å²) in [6.45, 7) is 0. The van der Waals surface area contributed by atoms with Crippen molar-refractivity contribution in [1.29, 1.82) is 5.26 Å². The standard InChI is InChI=1S/C17H15N3O6/c1-25-13-6-8(5-10(16(13)22)20(23)24)14-9(7-18)17(19)26-12-4-2-3-11(21)15(12)14/h5-6,14,22H,2-4,19H2,1H3/p-1/t14-/m1/s1. The van der Waals surface area contributed by atoms with Gasteiger partial charge in [-0.05, 0) is 18.1 Å². The van der Waals surface area contributed by atoms with Gasteiger partial charge in [0.15, 0.2) is 5.78 Å². The van der Waals surface area contributed by atoms with E-state index in [0.717, 1.165) is 6.07 Å². The van der Waals surface area contributed by atoms with Gasteiger partial charge >= 0.3 is 0 Å². The highest BCUT2D eigenvalue weighted by Gasteiger charge is 2.38. The van der Waals surface area contributed by atoms with E-state index in [-0.39, 0.29) is 40.5 Å². The van der Waals surface area contributed by atoms with Crippen LogP contribution in [0.1, 0.15) is 30.7 Å². The largest absolute Gasteiger partial charge is 0.865 e. The number of ketones is 1. The number of nitro benzene ring substituents is 1. The average Bonchev–Trinajstić information content (AvgIpc) is 2.60. The summed E-state index contributed by atoms with van der Waals surface area (Å²) < 4.78 is 10.4. The Kier molecular flexibility index (Phi) is 4.26. The first-order valence-electron chi connectivity index (χ1n) is 7.76. The first-order valence-corrected chi connectivity index (χ1v) is 7.76. The molecule has 0 bridgehead atoms. The van der Waals surface area contributed by atoms with Gasteiger partial charge in [-0.3, -0.25) is 14.9 Å². The van der Waals surface area contributed by atoms with Crippen LogP contribution in [0.2, 0.25) is 0 Å². The number of Topliss-reactive ketones (excluding diaryl/α,β-unsaturated/α-hetero) is 1. The molecule has 26 heavy (non-hydrogen) atoms. The highest BCUT2D eigenvalue weighted by atomic mass is 16.6. The number of ether oxygens (including phenoxy) is 2. The van der Waals surface area contributed by atoms with E-state index in [1.165, 1.54) is 13.2 Å². The predicted octanol–water partition coefficient (Wildman–Crippen LogP) is 1.49. The highest BCUT2D eigenvalue weighted by molar-refractivity contribution is 5.99. The molecule has 0 amide bonds. The number of nitrogens with two attached hydrogens (primary N) is 1. The second-order valence-corrected chi connectivity index (χ2v) is 5.87. The van der Waals surface area contributed by atoms with Gasteiger partial charge < -0.3 is 20.3 Å². The number of carbonyl (C=O) groups excluding carboxylic acids is 1. The van der Waals surface area contributed by atoms with E-state index < -0.39 is 22.3 Å². The minimum atomic E-state index is -0.940. The molecule has 1 atom stereocenters. The van der Waals surface area contributed by atoms with Crippen LogP contribution < -0.4 is 15.6 Å². The normalized spacial score (nSPS) is 19.5. The lowest BCUT2D eigenvalue weighted by Gasteiger charge is -2.31. The number of hydrogen-bond donors (Lipinski definition) is 1. The molecule has 1 aliphatic carbocycles. The molecule has 134 valence electrons. The Bertz CT molecular complexity index is 925. The Morgan fingerprint density at radius 3 is 2.77 bits per heavy atom. The minimum absolute atomic E-state index is 0.0333. The van der Waals surface area contributed by atoms with Crippen molar-refractivity contribution in [2.75, 3.05) is 7.11 Å². The van der Waals surface area contributed by atoms with Crippen LogP contribution in [0.5, 0.6) is 11.5 Å². The van der Waals surface area contributed by atoms with Gasteiger partial charge in [0.05, 0.1) is 18.0 Å². The fourth-order valence-electron chi connectivity index (χ4n) is 3.25. The first kappa shape index (κ1) is 17.3. The van der Waals surface area contributed by atoms with E-state index in [1.807, 2.05) is 6.07 Å². The maximum Gasteiger partial charge on any atom is 0.265 e. The van der Waals surface area contributed by atoms with Crippen LogP contribution in [0, 0.1) is 21.4 Å². The smallest absolute Gasteiger partial charge is 0.265 e. The maximum absolute atomic E-state index is 12.5. The zero-order chi connectivity index (χ0) is 19.0. The predicted molar refractivity (Wildman–Crippen MR) is 85.6 cm³/mol. The third-order valence-electron chi connectivity index (χ3n) is 4.41. The molecule has 2 aliphatic rings. The molecule has 9 heteroatoms. The second kappa shape index (κ2) is 6.40. The van der Waals surface area contributed by atoms with Gasteiger partial charge in [0.2, 0.25) is 5.88 Å².